The molecule has 0 radical (unpaired) electrons. The molecular weight excluding hydrogens is 919 g/mol. The fourth-order valence-corrected chi connectivity index (χ4v) is 9.28. The van der Waals surface area contributed by atoms with Crippen LogP contribution in [0.15, 0.2) is 224 Å². The van der Waals surface area contributed by atoms with Gasteiger partial charge in [-0.3, -0.25) is 0 Å². The average Bonchev–Trinajstić information content (AvgIpc) is 3.92. The van der Waals surface area contributed by atoms with Crippen molar-refractivity contribution in [2.24, 2.45) is 0 Å². The molecule has 0 saturated carbocycles. The molecule has 1 aliphatic rings. The van der Waals surface area contributed by atoms with E-state index in [1.807, 2.05) is 0 Å². The van der Waals surface area contributed by atoms with Gasteiger partial charge in [0.2, 0.25) is 0 Å². The second-order valence-electron chi connectivity index (χ2n) is 18.6. The molecule has 0 spiro atoms. The van der Waals surface area contributed by atoms with Gasteiger partial charge in [-0.1, -0.05) is 197 Å². The fourth-order valence-electron chi connectivity index (χ4n) is 8.46. The van der Waals surface area contributed by atoms with Gasteiger partial charge in [-0.25, -0.2) is 0 Å². The van der Waals surface area contributed by atoms with Crippen LogP contribution in [0.2, 0.25) is 0 Å². The van der Waals surface area contributed by atoms with E-state index in [0.717, 1.165) is 0 Å². The van der Waals surface area contributed by atoms with E-state index in [-0.39, 0.29) is 41.6 Å². The molecule has 0 nitrogen and oxygen atoms in total. The van der Waals surface area contributed by atoms with E-state index < -0.39 is 0 Å². The summed E-state index contributed by atoms with van der Waals surface area (Å²) < 4.78 is 1.42. The molecule has 0 N–H and O–H groups in total. The minimum atomic E-state index is 0. The zero-order valence-corrected chi connectivity index (χ0v) is 42.8. The molecule has 9 aromatic rings. The molecule has 1 atom stereocenters. The number of halogens is 2. The molecule has 1 unspecified atom stereocenters. The number of benzene rings is 8. The molecule has 0 aromatic heterocycles. The van der Waals surface area contributed by atoms with Crippen molar-refractivity contribution >= 4 is 66.3 Å². The summed E-state index contributed by atoms with van der Waals surface area (Å²) in [5, 5.41) is 5.48. The van der Waals surface area contributed by atoms with Crippen LogP contribution >= 0.6 is 24.8 Å². The number of hydrogen-bond acceptors (Lipinski definition) is 0. The summed E-state index contributed by atoms with van der Waals surface area (Å²) in [6.45, 7) is 13.6. The van der Waals surface area contributed by atoms with Crippen LogP contribution in [-0.2, 0) is 35.1 Å². The van der Waals surface area contributed by atoms with Gasteiger partial charge in [0.25, 0.3) is 0 Å². The van der Waals surface area contributed by atoms with Crippen molar-refractivity contribution in [3.05, 3.63) is 275 Å². The summed E-state index contributed by atoms with van der Waals surface area (Å²) in [7, 11) is 0. The van der Waals surface area contributed by atoms with Crippen molar-refractivity contribution in [3.63, 3.8) is 0 Å². The van der Waals surface area contributed by atoms with Crippen LogP contribution in [-0.4, -0.2) is 3.21 Å². The van der Waals surface area contributed by atoms with Gasteiger partial charge in [-0.2, -0.15) is 11.6 Å². The van der Waals surface area contributed by atoms with Gasteiger partial charge in [0.05, 0.1) is 0 Å². The second kappa shape index (κ2) is 22.3. The molecule has 0 fully saturated rings. The van der Waals surface area contributed by atoms with E-state index in [1.165, 1.54) is 110 Å². The van der Waals surface area contributed by atoms with Gasteiger partial charge in [-0.15, -0.1) is 87.8 Å². The normalized spacial score (nSPS) is 13.3. The number of allylic oxidation sites excluding steroid dienone is 4. The zero-order valence-electron chi connectivity index (χ0n) is 38.8. The van der Waals surface area contributed by atoms with E-state index in [4.69, 9.17) is 0 Å². The van der Waals surface area contributed by atoms with Crippen molar-refractivity contribution < 1.29 is 24.2 Å². The summed E-state index contributed by atoms with van der Waals surface area (Å²) >= 11 is 1.46. The molecule has 0 heterocycles. The second-order valence-corrected chi connectivity index (χ2v) is 19.8. The van der Waals surface area contributed by atoms with Crippen LogP contribution in [0.1, 0.15) is 92.0 Å². The summed E-state index contributed by atoms with van der Waals surface area (Å²) in [6.07, 6.45) is 3.86. The summed E-state index contributed by atoms with van der Waals surface area (Å²) in [6, 6.07) is 80.1. The SMILES string of the molecule is CC(C)(C)c1ccc2c(c1)[cH-]c1cc(C(C)(C)C)ccc12.Cl.Cl.[C-]1=C(c2ccccc2)C(c2ccccc2)=C(c2ccccc2)C1c1ccccc1.[Zr+2]=[C](c1ccccc1)c1ccccc1. The summed E-state index contributed by atoms with van der Waals surface area (Å²) in [5.74, 6) is 0.101. The Labute approximate surface area is 420 Å². The molecule has 328 valence electrons. The molecule has 0 amide bonds. The van der Waals surface area contributed by atoms with Gasteiger partial charge in [0.1, 0.15) is 0 Å². The van der Waals surface area contributed by atoms with Gasteiger partial charge < -0.3 is 0 Å². The molecule has 0 aliphatic heterocycles. The quantitative estimate of drug-likeness (QED) is 0.146. The van der Waals surface area contributed by atoms with Crippen LogP contribution in [0.4, 0.5) is 0 Å². The van der Waals surface area contributed by atoms with Gasteiger partial charge in [-0.05, 0) is 27.9 Å². The predicted octanol–water partition coefficient (Wildman–Crippen LogP) is 17.2. The Kier molecular flexibility index (Phi) is 16.8. The van der Waals surface area contributed by atoms with E-state index in [2.05, 4.69) is 272 Å². The number of fused-ring (bicyclic) bond motifs is 3. The molecule has 1 aliphatic carbocycles. The monoisotopic (exact) mass is 974 g/mol. The van der Waals surface area contributed by atoms with Crippen molar-refractivity contribution in [2.75, 3.05) is 0 Å². The first-order chi connectivity index (χ1) is 31.0. The van der Waals surface area contributed by atoms with Crippen LogP contribution in [0.3, 0.4) is 0 Å². The van der Waals surface area contributed by atoms with Gasteiger partial charge >= 0.3 is 99.2 Å². The topological polar surface area (TPSA) is 0 Å². The first-order valence-corrected chi connectivity index (χ1v) is 23.6. The number of rotatable bonds is 6. The molecule has 66 heavy (non-hydrogen) atoms. The third-order valence-electron chi connectivity index (χ3n) is 12.0. The Bertz CT molecular complexity index is 2920. The van der Waals surface area contributed by atoms with Gasteiger partial charge in [0.15, 0.2) is 0 Å². The van der Waals surface area contributed by atoms with Crippen LogP contribution in [0.5, 0.6) is 0 Å². The van der Waals surface area contributed by atoms with Crippen LogP contribution < -0.4 is 0 Å². The molecule has 0 bridgehead atoms. The first kappa shape index (κ1) is 49.9. The molecule has 0 saturated heterocycles. The standard InChI is InChI=1S/C29H21.C21H25.C13H10.2ClH.Zr/c1-5-13-22(14-6-1)26-21-27(23-15-7-2-8-16-23)29(25-19-11-4-12-20-25)28(26)24-17-9-3-10-18-24;1-20(2,3)16-7-9-18-14(12-16)11-15-13-17(21(4,5)6)8-10-19(15)18;1-3-7-12(8-4-1)11-13-9-5-2-6-10-13;;;/h1-20,26H;7-13H,1-6H3;1-10H;2*1H;/q2*-1;;;;+2. The van der Waals surface area contributed by atoms with Crippen LogP contribution in [0.25, 0.3) is 38.3 Å². The predicted molar refractivity (Wildman–Crippen MR) is 287 cm³/mol. The fraction of sp³-hybridized carbons (Fsp3) is 0.143. The van der Waals surface area contributed by atoms with Crippen molar-refractivity contribution in [3.8, 4) is 0 Å². The third kappa shape index (κ3) is 11.7. The van der Waals surface area contributed by atoms with E-state index in [9.17, 15) is 0 Å². The molecule has 10 rings (SSSR count). The molecule has 9 aromatic carbocycles. The Morgan fingerprint density at radius 3 is 1.21 bits per heavy atom. The zero-order chi connectivity index (χ0) is 44.7. The third-order valence-corrected chi connectivity index (χ3v) is 13.4. The Morgan fingerprint density at radius 2 is 0.803 bits per heavy atom. The Balaban J connectivity index is 0.000000172. The van der Waals surface area contributed by atoms with E-state index in [0.29, 0.717) is 0 Å². The molecule has 3 heteroatoms. The number of hydrogen-bond donors (Lipinski definition) is 0. The van der Waals surface area contributed by atoms with E-state index in [1.54, 1.807) is 0 Å². The maximum atomic E-state index is 3.86. The van der Waals surface area contributed by atoms with Crippen LogP contribution in [0, 0.1) is 6.08 Å². The average molecular weight is 977 g/mol. The summed E-state index contributed by atoms with van der Waals surface area (Å²) in [5.41, 5.74) is 14.6. The van der Waals surface area contributed by atoms with Crippen molar-refractivity contribution in [2.45, 2.75) is 58.3 Å². The minimum absolute atomic E-state index is 0. The first-order valence-electron chi connectivity index (χ1n) is 22.4. The maximum absolute atomic E-state index is 3.86. The Hall–Kier alpha value is -5.56. The molecular formula is C63H58Cl2Zr. The summed E-state index contributed by atoms with van der Waals surface area (Å²) in [4.78, 5) is 0. The van der Waals surface area contributed by atoms with Crippen molar-refractivity contribution in [1.29, 1.82) is 0 Å². The van der Waals surface area contributed by atoms with Crippen molar-refractivity contribution in [1.82, 2.24) is 0 Å². The van der Waals surface area contributed by atoms with E-state index >= 15 is 0 Å². The Morgan fingerprint density at radius 1 is 0.439 bits per heavy atom. The van der Waals surface area contributed by atoms with Gasteiger partial charge in [0, 0.05) is 0 Å².